The van der Waals surface area contributed by atoms with E-state index < -0.39 is 0 Å². The molecular formula is C16H19Br3O2. The second kappa shape index (κ2) is 6.90. The number of rotatable bonds is 3. The maximum absolute atomic E-state index is 6.31. The van der Waals surface area contributed by atoms with Gasteiger partial charge in [0, 0.05) is 18.2 Å². The minimum atomic E-state index is 0.0949. The van der Waals surface area contributed by atoms with Crippen LogP contribution >= 0.6 is 47.8 Å². The summed E-state index contributed by atoms with van der Waals surface area (Å²) in [4.78, 5) is 0. The molecule has 116 valence electrons. The van der Waals surface area contributed by atoms with E-state index in [0.717, 1.165) is 39.5 Å². The molecule has 0 bridgehead atoms. The van der Waals surface area contributed by atoms with E-state index in [-0.39, 0.29) is 11.7 Å². The molecule has 1 heterocycles. The molecule has 1 aliphatic carbocycles. The van der Waals surface area contributed by atoms with Gasteiger partial charge in [0.1, 0.15) is 11.9 Å². The summed E-state index contributed by atoms with van der Waals surface area (Å²) in [5, 5.41) is 0.838. The Bertz CT molecular complexity index is 489. The van der Waals surface area contributed by atoms with Gasteiger partial charge in [0.25, 0.3) is 0 Å². The summed E-state index contributed by atoms with van der Waals surface area (Å²) in [5.41, 5.74) is 1.32. The standard InChI is InChI=1S/C16H19Br3O2/c17-10-11-7-13(18)15(14(19)8-11)21-12-3-6-20-16(9-12)4-1-2-5-16/h7-8,12H,1-6,9-10H2. The van der Waals surface area contributed by atoms with Crippen LogP contribution in [0, 0.1) is 0 Å². The Hall–Kier alpha value is 0.420. The lowest BCUT2D eigenvalue weighted by Gasteiger charge is -2.38. The van der Waals surface area contributed by atoms with Crippen LogP contribution in [0.25, 0.3) is 0 Å². The summed E-state index contributed by atoms with van der Waals surface area (Å²) in [6.45, 7) is 0.819. The van der Waals surface area contributed by atoms with E-state index in [0.29, 0.717) is 0 Å². The highest BCUT2D eigenvalue weighted by Crippen LogP contribution is 2.43. The molecule has 2 nitrogen and oxygen atoms in total. The highest BCUT2D eigenvalue weighted by molar-refractivity contribution is 9.11. The smallest absolute Gasteiger partial charge is 0.148 e. The summed E-state index contributed by atoms with van der Waals surface area (Å²) in [5.74, 6) is 0.916. The predicted molar refractivity (Wildman–Crippen MR) is 95.3 cm³/mol. The molecular weight excluding hydrogens is 464 g/mol. The predicted octanol–water partition coefficient (Wildman–Crippen LogP) is 5.98. The third kappa shape index (κ3) is 3.67. The van der Waals surface area contributed by atoms with Gasteiger partial charge in [0.2, 0.25) is 0 Å². The van der Waals surface area contributed by atoms with Crippen molar-refractivity contribution in [2.45, 2.75) is 55.6 Å². The molecule has 0 amide bonds. The molecule has 1 aromatic carbocycles. The average Bonchev–Trinajstić information content (AvgIpc) is 2.90. The van der Waals surface area contributed by atoms with Crippen LogP contribution in [0.5, 0.6) is 5.75 Å². The fourth-order valence-electron chi connectivity index (χ4n) is 3.42. The van der Waals surface area contributed by atoms with Gasteiger partial charge >= 0.3 is 0 Å². The van der Waals surface area contributed by atoms with E-state index in [4.69, 9.17) is 9.47 Å². The number of hydrogen-bond acceptors (Lipinski definition) is 2. The highest BCUT2D eigenvalue weighted by Gasteiger charge is 2.40. The lowest BCUT2D eigenvalue weighted by Crippen LogP contribution is -2.41. The Labute approximate surface area is 151 Å². The van der Waals surface area contributed by atoms with Crippen molar-refractivity contribution in [1.82, 2.24) is 0 Å². The minimum absolute atomic E-state index is 0.0949. The van der Waals surface area contributed by atoms with Crippen molar-refractivity contribution in [2.24, 2.45) is 0 Å². The fourth-order valence-corrected chi connectivity index (χ4v) is 5.21. The summed E-state index contributed by atoms with van der Waals surface area (Å²) >= 11 is 10.8. The third-order valence-corrected chi connectivity index (χ3v) is 6.28. The van der Waals surface area contributed by atoms with Gasteiger partial charge in [-0.3, -0.25) is 0 Å². The zero-order valence-corrected chi connectivity index (χ0v) is 16.6. The Morgan fingerprint density at radius 3 is 2.48 bits per heavy atom. The molecule has 1 atom stereocenters. The van der Waals surface area contributed by atoms with Gasteiger partial charge in [-0.1, -0.05) is 28.8 Å². The second-order valence-electron chi connectivity index (χ2n) is 5.99. The normalized spacial score (nSPS) is 24.4. The van der Waals surface area contributed by atoms with Crippen LogP contribution in [0.3, 0.4) is 0 Å². The summed E-state index contributed by atoms with van der Waals surface area (Å²) < 4.78 is 14.4. The molecule has 2 fully saturated rings. The monoisotopic (exact) mass is 480 g/mol. The summed E-state index contributed by atoms with van der Waals surface area (Å²) in [7, 11) is 0. The van der Waals surface area contributed by atoms with E-state index in [1.165, 1.54) is 31.2 Å². The van der Waals surface area contributed by atoms with Gasteiger partial charge in [-0.25, -0.2) is 0 Å². The van der Waals surface area contributed by atoms with Crippen LogP contribution < -0.4 is 4.74 Å². The largest absolute Gasteiger partial charge is 0.488 e. The van der Waals surface area contributed by atoms with Gasteiger partial charge in [-0.15, -0.1) is 0 Å². The van der Waals surface area contributed by atoms with Crippen LogP contribution in [0.2, 0.25) is 0 Å². The number of alkyl halides is 1. The minimum Gasteiger partial charge on any atom is -0.488 e. The van der Waals surface area contributed by atoms with Crippen LogP contribution in [-0.2, 0) is 10.1 Å². The molecule has 21 heavy (non-hydrogen) atoms. The molecule has 0 N–H and O–H groups in total. The van der Waals surface area contributed by atoms with Gasteiger partial charge < -0.3 is 9.47 Å². The number of benzene rings is 1. The number of halogens is 3. The van der Waals surface area contributed by atoms with Crippen LogP contribution in [-0.4, -0.2) is 18.3 Å². The van der Waals surface area contributed by atoms with Gasteiger partial charge in [-0.2, -0.15) is 0 Å². The Balaban J connectivity index is 1.74. The van der Waals surface area contributed by atoms with Crippen molar-refractivity contribution in [3.8, 4) is 5.75 Å². The van der Waals surface area contributed by atoms with E-state index in [1.54, 1.807) is 0 Å². The lowest BCUT2D eigenvalue weighted by atomic mass is 9.90. The van der Waals surface area contributed by atoms with Crippen LogP contribution in [0.1, 0.15) is 44.1 Å². The van der Waals surface area contributed by atoms with Gasteiger partial charge in [0.15, 0.2) is 0 Å². The highest BCUT2D eigenvalue weighted by atomic mass is 79.9. The molecule has 1 aliphatic heterocycles. The van der Waals surface area contributed by atoms with Gasteiger partial charge in [0.05, 0.1) is 21.2 Å². The molecule has 2 aliphatic rings. The van der Waals surface area contributed by atoms with Crippen molar-refractivity contribution in [3.63, 3.8) is 0 Å². The molecule has 1 spiro atoms. The fraction of sp³-hybridized carbons (Fsp3) is 0.625. The number of ether oxygens (including phenoxy) is 2. The molecule has 1 aromatic rings. The van der Waals surface area contributed by atoms with E-state index in [9.17, 15) is 0 Å². The quantitative estimate of drug-likeness (QED) is 0.493. The van der Waals surface area contributed by atoms with E-state index >= 15 is 0 Å². The summed E-state index contributed by atoms with van der Waals surface area (Å²) in [6, 6.07) is 4.22. The number of hydrogen-bond donors (Lipinski definition) is 0. The Morgan fingerprint density at radius 1 is 1.19 bits per heavy atom. The van der Waals surface area contributed by atoms with Crippen molar-refractivity contribution in [3.05, 3.63) is 26.6 Å². The van der Waals surface area contributed by atoms with Crippen molar-refractivity contribution >= 4 is 47.8 Å². The second-order valence-corrected chi connectivity index (χ2v) is 8.26. The first-order valence-corrected chi connectivity index (χ1v) is 10.2. The average molecular weight is 483 g/mol. The lowest BCUT2D eigenvalue weighted by molar-refractivity contribution is -0.108. The first-order chi connectivity index (χ1) is 10.1. The first-order valence-electron chi connectivity index (χ1n) is 7.46. The van der Waals surface area contributed by atoms with Crippen LogP contribution in [0.15, 0.2) is 21.1 Å². The molecule has 1 saturated carbocycles. The molecule has 1 saturated heterocycles. The van der Waals surface area contributed by atoms with Crippen molar-refractivity contribution in [2.75, 3.05) is 6.61 Å². The van der Waals surface area contributed by atoms with Crippen molar-refractivity contribution < 1.29 is 9.47 Å². The maximum Gasteiger partial charge on any atom is 0.148 e. The molecule has 0 radical (unpaired) electrons. The van der Waals surface area contributed by atoms with E-state index in [2.05, 4.69) is 59.9 Å². The molecule has 0 aromatic heterocycles. The Morgan fingerprint density at radius 2 is 1.86 bits per heavy atom. The summed E-state index contributed by atoms with van der Waals surface area (Å²) in [6.07, 6.45) is 7.21. The molecule has 3 rings (SSSR count). The van der Waals surface area contributed by atoms with E-state index in [1.807, 2.05) is 0 Å². The van der Waals surface area contributed by atoms with Gasteiger partial charge in [-0.05, 0) is 62.4 Å². The molecule has 1 unspecified atom stereocenters. The van der Waals surface area contributed by atoms with Crippen molar-refractivity contribution in [1.29, 1.82) is 0 Å². The Kier molecular flexibility index (Phi) is 5.35. The SMILES string of the molecule is BrCc1cc(Br)c(OC2CCOC3(CCCC3)C2)c(Br)c1. The van der Waals surface area contributed by atoms with Crippen LogP contribution in [0.4, 0.5) is 0 Å². The topological polar surface area (TPSA) is 18.5 Å². The first kappa shape index (κ1) is 16.3. The maximum atomic E-state index is 6.31. The third-order valence-electron chi connectivity index (χ3n) is 4.46. The molecule has 5 heteroatoms. The zero-order valence-electron chi connectivity index (χ0n) is 11.8. The zero-order chi connectivity index (χ0) is 14.9.